The van der Waals surface area contributed by atoms with Gasteiger partial charge in [-0.15, -0.1) is 0 Å². The number of hydrogen-bond donors (Lipinski definition) is 0. The first-order valence-corrected chi connectivity index (χ1v) is 10.7. The number of amides is 1. The minimum Gasteiger partial charge on any atom is -0.339 e. The number of rotatable bonds is 3. The molecule has 5 nitrogen and oxygen atoms in total. The van der Waals surface area contributed by atoms with Crippen LogP contribution in [0.1, 0.15) is 41.6 Å². The summed E-state index contributed by atoms with van der Waals surface area (Å²) in [5.74, 6) is 0.629. The van der Waals surface area contributed by atoms with Crippen molar-refractivity contribution in [2.24, 2.45) is 0 Å². The molecule has 2 fully saturated rings. The molecular weight excluding hydrogens is 324 g/mol. The van der Waals surface area contributed by atoms with Gasteiger partial charge in [0.15, 0.2) is 9.84 Å². The molecule has 2 aliphatic heterocycles. The van der Waals surface area contributed by atoms with Gasteiger partial charge < -0.3 is 4.90 Å². The maximum absolute atomic E-state index is 12.6. The van der Waals surface area contributed by atoms with Gasteiger partial charge in [0.2, 0.25) is 0 Å². The summed E-state index contributed by atoms with van der Waals surface area (Å²) in [5.41, 5.74) is 1.88. The van der Waals surface area contributed by atoms with Crippen LogP contribution in [0.3, 0.4) is 0 Å². The van der Waals surface area contributed by atoms with Crippen molar-refractivity contribution < 1.29 is 13.2 Å². The number of carbonyl (C=O) groups excluding carboxylic acids is 1. The molecule has 0 aliphatic carbocycles. The number of benzene rings is 1. The molecule has 2 aliphatic rings. The number of hydrogen-bond acceptors (Lipinski definition) is 4. The van der Waals surface area contributed by atoms with E-state index >= 15 is 0 Å². The minimum absolute atomic E-state index is 0.132. The van der Waals surface area contributed by atoms with Crippen LogP contribution in [-0.4, -0.2) is 61.8 Å². The summed E-state index contributed by atoms with van der Waals surface area (Å²) in [6.07, 6.45) is 4.63. The zero-order valence-electron chi connectivity index (χ0n) is 14.1. The summed E-state index contributed by atoms with van der Waals surface area (Å²) in [6, 6.07) is 7.80. The van der Waals surface area contributed by atoms with E-state index in [-0.39, 0.29) is 17.4 Å². The van der Waals surface area contributed by atoms with E-state index < -0.39 is 9.84 Å². The van der Waals surface area contributed by atoms with Crippen molar-refractivity contribution in [3.63, 3.8) is 0 Å². The van der Waals surface area contributed by atoms with Gasteiger partial charge in [0.25, 0.3) is 5.91 Å². The van der Waals surface area contributed by atoms with Crippen LogP contribution in [-0.2, 0) is 16.4 Å². The van der Waals surface area contributed by atoms with Crippen LogP contribution in [0.25, 0.3) is 0 Å². The Bertz CT molecular complexity index is 648. The van der Waals surface area contributed by atoms with E-state index in [0.29, 0.717) is 13.1 Å². The van der Waals surface area contributed by atoms with Gasteiger partial charge in [-0.05, 0) is 30.5 Å². The summed E-state index contributed by atoms with van der Waals surface area (Å²) in [6.45, 7) is 3.66. The molecule has 1 aromatic rings. The van der Waals surface area contributed by atoms with Crippen LogP contribution < -0.4 is 0 Å². The SMILES string of the molecule is O=C(c1ccc(CN2CCS(=O)(=O)CC2)cc1)N1CCCCCC1. The Morgan fingerprint density at radius 2 is 1.46 bits per heavy atom. The second-order valence-electron chi connectivity index (χ2n) is 6.83. The zero-order valence-corrected chi connectivity index (χ0v) is 14.9. The summed E-state index contributed by atoms with van der Waals surface area (Å²) < 4.78 is 22.9. The molecule has 6 heteroatoms. The Morgan fingerprint density at radius 1 is 0.875 bits per heavy atom. The van der Waals surface area contributed by atoms with Crippen LogP contribution in [0, 0.1) is 0 Å². The molecule has 1 aromatic carbocycles. The van der Waals surface area contributed by atoms with Gasteiger partial charge in [0.1, 0.15) is 0 Å². The van der Waals surface area contributed by atoms with Gasteiger partial charge in [-0.3, -0.25) is 9.69 Å². The Kier molecular flexibility index (Phi) is 5.56. The third kappa shape index (κ3) is 4.57. The lowest BCUT2D eigenvalue weighted by Crippen LogP contribution is -2.39. The third-order valence-electron chi connectivity index (χ3n) is 4.94. The molecule has 132 valence electrons. The molecule has 0 N–H and O–H groups in total. The molecule has 0 atom stereocenters. The van der Waals surface area contributed by atoms with E-state index in [9.17, 15) is 13.2 Å². The van der Waals surface area contributed by atoms with Crippen LogP contribution >= 0.6 is 0 Å². The topological polar surface area (TPSA) is 57.7 Å². The van der Waals surface area contributed by atoms with Crippen LogP contribution in [0.2, 0.25) is 0 Å². The first-order chi connectivity index (χ1) is 11.5. The monoisotopic (exact) mass is 350 g/mol. The highest BCUT2D eigenvalue weighted by Gasteiger charge is 2.22. The zero-order chi connectivity index (χ0) is 17.0. The van der Waals surface area contributed by atoms with E-state index in [0.717, 1.165) is 43.6 Å². The van der Waals surface area contributed by atoms with Crippen LogP contribution in [0.4, 0.5) is 0 Å². The normalized spacial score (nSPS) is 22.1. The molecule has 0 spiro atoms. The Hall–Kier alpha value is -1.40. The molecule has 0 bridgehead atoms. The van der Waals surface area contributed by atoms with Gasteiger partial charge in [-0.2, -0.15) is 0 Å². The summed E-state index contributed by atoms with van der Waals surface area (Å²) in [5, 5.41) is 0. The molecule has 0 radical (unpaired) electrons. The highest BCUT2D eigenvalue weighted by atomic mass is 32.2. The van der Waals surface area contributed by atoms with Crippen molar-refractivity contribution in [1.29, 1.82) is 0 Å². The maximum Gasteiger partial charge on any atom is 0.253 e. The Labute approximate surface area is 144 Å². The van der Waals surface area contributed by atoms with Crippen molar-refractivity contribution in [2.75, 3.05) is 37.7 Å². The fourth-order valence-corrected chi connectivity index (χ4v) is 4.65. The standard InChI is InChI=1S/C18H26N2O3S/c21-18(20-9-3-1-2-4-10-20)17-7-5-16(6-8-17)15-19-11-13-24(22,23)14-12-19/h5-8H,1-4,9-15H2. The van der Waals surface area contributed by atoms with Gasteiger partial charge >= 0.3 is 0 Å². The van der Waals surface area contributed by atoms with E-state index in [4.69, 9.17) is 0 Å². The average molecular weight is 350 g/mol. The van der Waals surface area contributed by atoms with Gasteiger partial charge in [0.05, 0.1) is 11.5 Å². The molecule has 1 amide bonds. The molecule has 0 unspecified atom stereocenters. The summed E-state index contributed by atoms with van der Waals surface area (Å²) in [7, 11) is -2.83. The lowest BCUT2D eigenvalue weighted by molar-refractivity contribution is 0.0761. The van der Waals surface area contributed by atoms with Crippen molar-refractivity contribution in [2.45, 2.75) is 32.2 Å². The molecule has 2 heterocycles. The number of sulfone groups is 1. The van der Waals surface area contributed by atoms with Gasteiger partial charge in [-0.1, -0.05) is 25.0 Å². The lowest BCUT2D eigenvalue weighted by atomic mass is 10.1. The minimum atomic E-state index is -2.83. The Balaban J connectivity index is 1.58. The van der Waals surface area contributed by atoms with Crippen LogP contribution in [0.5, 0.6) is 0 Å². The second-order valence-corrected chi connectivity index (χ2v) is 9.13. The lowest BCUT2D eigenvalue weighted by Gasteiger charge is -2.26. The van der Waals surface area contributed by atoms with Crippen molar-refractivity contribution >= 4 is 15.7 Å². The predicted molar refractivity (Wildman–Crippen MR) is 94.7 cm³/mol. The van der Waals surface area contributed by atoms with E-state index in [2.05, 4.69) is 4.90 Å². The van der Waals surface area contributed by atoms with Crippen molar-refractivity contribution in [3.8, 4) is 0 Å². The highest BCUT2D eigenvalue weighted by Crippen LogP contribution is 2.15. The van der Waals surface area contributed by atoms with E-state index in [1.54, 1.807) is 0 Å². The summed E-state index contributed by atoms with van der Waals surface area (Å²) >= 11 is 0. The molecular formula is C18H26N2O3S. The second kappa shape index (κ2) is 7.66. The number of likely N-dealkylation sites (tertiary alicyclic amines) is 1. The third-order valence-corrected chi connectivity index (χ3v) is 6.55. The van der Waals surface area contributed by atoms with E-state index in [1.807, 2.05) is 29.2 Å². The summed E-state index contributed by atoms with van der Waals surface area (Å²) in [4.78, 5) is 16.7. The average Bonchev–Trinajstić information content (AvgIpc) is 2.86. The van der Waals surface area contributed by atoms with E-state index in [1.165, 1.54) is 12.8 Å². The number of nitrogens with zero attached hydrogens (tertiary/aromatic N) is 2. The first kappa shape index (κ1) is 17.4. The number of carbonyl (C=O) groups is 1. The molecule has 24 heavy (non-hydrogen) atoms. The largest absolute Gasteiger partial charge is 0.339 e. The smallest absolute Gasteiger partial charge is 0.253 e. The molecule has 2 saturated heterocycles. The molecule has 0 aromatic heterocycles. The fraction of sp³-hybridized carbons (Fsp3) is 0.611. The predicted octanol–water partition coefficient (Wildman–Crippen LogP) is 1.93. The highest BCUT2D eigenvalue weighted by molar-refractivity contribution is 7.91. The maximum atomic E-state index is 12.6. The van der Waals surface area contributed by atoms with Crippen molar-refractivity contribution in [1.82, 2.24) is 9.80 Å². The Morgan fingerprint density at radius 3 is 2.04 bits per heavy atom. The first-order valence-electron chi connectivity index (χ1n) is 8.84. The molecule has 3 rings (SSSR count). The fourth-order valence-electron chi connectivity index (χ4n) is 3.38. The van der Waals surface area contributed by atoms with Crippen molar-refractivity contribution in [3.05, 3.63) is 35.4 Å². The molecule has 0 saturated carbocycles. The van der Waals surface area contributed by atoms with Gasteiger partial charge in [0, 0.05) is 38.3 Å². The van der Waals surface area contributed by atoms with Gasteiger partial charge in [-0.25, -0.2) is 8.42 Å². The van der Waals surface area contributed by atoms with Crippen LogP contribution in [0.15, 0.2) is 24.3 Å². The quantitative estimate of drug-likeness (QED) is 0.836.